The summed E-state index contributed by atoms with van der Waals surface area (Å²) < 4.78 is 27.9. The summed E-state index contributed by atoms with van der Waals surface area (Å²) in [6.45, 7) is 7.08. The summed E-state index contributed by atoms with van der Waals surface area (Å²) in [6, 6.07) is 1.55. The monoisotopic (exact) mass is 428 g/mol. The Kier molecular flexibility index (Phi) is 5.06. The molecule has 2 aromatic carbocycles. The first-order valence-electron chi connectivity index (χ1n) is 9.71. The van der Waals surface area contributed by atoms with Gasteiger partial charge < -0.3 is 28.8 Å². The molecule has 0 bridgehead atoms. The van der Waals surface area contributed by atoms with Gasteiger partial charge in [0, 0.05) is 12.2 Å². The highest BCUT2D eigenvalue weighted by Crippen LogP contribution is 2.54. The van der Waals surface area contributed by atoms with Crippen molar-refractivity contribution in [3.63, 3.8) is 0 Å². The summed E-state index contributed by atoms with van der Waals surface area (Å²) in [5.41, 5.74) is 0.576. The topological polar surface area (TPSA) is 118 Å². The number of phenolic OH excluding ortho intramolecular Hbond substituents is 1. The van der Waals surface area contributed by atoms with Crippen LogP contribution in [-0.2, 0) is 9.47 Å². The fourth-order valence-electron chi connectivity index (χ4n) is 3.73. The Morgan fingerprint density at radius 2 is 1.77 bits per heavy atom. The average Bonchev–Trinajstić information content (AvgIpc) is 2.95. The third-order valence-electron chi connectivity index (χ3n) is 5.12. The zero-order valence-corrected chi connectivity index (χ0v) is 17.4. The van der Waals surface area contributed by atoms with Gasteiger partial charge in [0.25, 0.3) is 0 Å². The molecule has 2 heterocycles. The Balaban J connectivity index is 2.05. The van der Waals surface area contributed by atoms with Crippen molar-refractivity contribution in [3.05, 3.63) is 39.4 Å². The molecule has 31 heavy (non-hydrogen) atoms. The number of cyclic esters (lactones) is 1. The molecule has 4 rings (SSSR count). The van der Waals surface area contributed by atoms with E-state index in [2.05, 4.69) is 0 Å². The largest absolute Gasteiger partial charge is 0.507 e. The number of phenols is 1. The van der Waals surface area contributed by atoms with Crippen molar-refractivity contribution in [3.8, 4) is 28.7 Å². The number of aryl methyl sites for hydroxylation is 1. The number of hydrogen-bond donors (Lipinski definition) is 1. The van der Waals surface area contributed by atoms with Crippen molar-refractivity contribution in [2.75, 3.05) is 13.2 Å². The quantitative estimate of drug-likeness (QED) is 0.431. The Bertz CT molecular complexity index is 1130. The third kappa shape index (κ3) is 3.00. The molecule has 1 unspecified atom stereocenters. The highest BCUT2D eigenvalue weighted by Gasteiger charge is 2.43. The molecule has 2 aromatic rings. The van der Waals surface area contributed by atoms with Crippen LogP contribution in [0.2, 0.25) is 0 Å². The maximum absolute atomic E-state index is 13.0. The summed E-state index contributed by atoms with van der Waals surface area (Å²) in [6.07, 6.45) is -0.652. The molecule has 0 radical (unpaired) electrons. The molecule has 2 aliphatic rings. The molecule has 0 amide bonds. The minimum atomic E-state index is -1.18. The first-order chi connectivity index (χ1) is 14.8. The van der Waals surface area contributed by atoms with Gasteiger partial charge >= 0.3 is 11.9 Å². The first-order valence-corrected chi connectivity index (χ1v) is 9.71. The van der Waals surface area contributed by atoms with Crippen molar-refractivity contribution in [1.82, 2.24) is 0 Å². The lowest BCUT2D eigenvalue weighted by Crippen LogP contribution is -2.11. The minimum absolute atomic E-state index is 0.0185. The fraction of sp³-hybridized carbons (Fsp3) is 0.318. The molecule has 0 saturated heterocycles. The van der Waals surface area contributed by atoms with Crippen molar-refractivity contribution >= 4 is 18.2 Å². The SMILES string of the molecule is CCOc1cc(C)c2c(c1C=O)Oc1c(c(C)c(O)c3c1C(OCC)OC3=O)OC2=O. The molecule has 1 atom stereocenters. The van der Waals surface area contributed by atoms with Crippen LogP contribution in [0.15, 0.2) is 6.07 Å². The van der Waals surface area contributed by atoms with E-state index in [0.717, 1.165) is 0 Å². The smallest absolute Gasteiger partial charge is 0.347 e. The van der Waals surface area contributed by atoms with E-state index >= 15 is 0 Å². The number of ether oxygens (including phenoxy) is 5. The van der Waals surface area contributed by atoms with Crippen LogP contribution in [0, 0.1) is 13.8 Å². The van der Waals surface area contributed by atoms with E-state index in [9.17, 15) is 19.5 Å². The second kappa shape index (κ2) is 7.59. The molecular formula is C22H20O9. The van der Waals surface area contributed by atoms with Gasteiger partial charge in [-0.25, -0.2) is 9.59 Å². The third-order valence-corrected chi connectivity index (χ3v) is 5.12. The van der Waals surface area contributed by atoms with Crippen LogP contribution in [0.4, 0.5) is 0 Å². The van der Waals surface area contributed by atoms with Gasteiger partial charge in [0.2, 0.25) is 6.29 Å². The van der Waals surface area contributed by atoms with Gasteiger partial charge in [-0.15, -0.1) is 0 Å². The van der Waals surface area contributed by atoms with E-state index < -0.39 is 24.0 Å². The van der Waals surface area contributed by atoms with Gasteiger partial charge in [0.1, 0.15) is 22.6 Å². The molecule has 0 fully saturated rings. The van der Waals surface area contributed by atoms with E-state index in [1.165, 1.54) is 6.92 Å². The standard InChI is InChI=1S/C22H20O9/c1-5-27-12-7-9(3)13-18(11(12)8-23)29-19-15-14(21(26)31-22(15)28-6-2)16(24)10(4)17(19)30-20(13)25/h7-8,22,24H,5-6H2,1-4H3. The predicted octanol–water partition coefficient (Wildman–Crippen LogP) is 3.75. The van der Waals surface area contributed by atoms with E-state index in [1.54, 1.807) is 26.8 Å². The number of hydrogen-bond acceptors (Lipinski definition) is 9. The lowest BCUT2D eigenvalue weighted by Gasteiger charge is -2.18. The lowest BCUT2D eigenvalue weighted by molar-refractivity contribution is -0.0999. The van der Waals surface area contributed by atoms with E-state index in [0.29, 0.717) is 11.8 Å². The van der Waals surface area contributed by atoms with Gasteiger partial charge in [-0.05, 0) is 39.3 Å². The zero-order chi connectivity index (χ0) is 22.4. The maximum Gasteiger partial charge on any atom is 0.347 e. The molecule has 0 spiro atoms. The fourth-order valence-corrected chi connectivity index (χ4v) is 3.73. The van der Waals surface area contributed by atoms with Crippen LogP contribution in [0.5, 0.6) is 28.7 Å². The zero-order valence-electron chi connectivity index (χ0n) is 17.4. The van der Waals surface area contributed by atoms with Gasteiger partial charge in [0.05, 0.1) is 17.7 Å². The number of esters is 2. The molecule has 9 nitrogen and oxygen atoms in total. The van der Waals surface area contributed by atoms with Crippen LogP contribution in [0.1, 0.15) is 67.9 Å². The van der Waals surface area contributed by atoms with Gasteiger partial charge in [0.15, 0.2) is 23.5 Å². The summed E-state index contributed by atoms with van der Waals surface area (Å²) in [5, 5.41) is 10.6. The molecule has 2 aliphatic heterocycles. The lowest BCUT2D eigenvalue weighted by atomic mass is 10.0. The number of aromatic hydroxyl groups is 1. The molecule has 9 heteroatoms. The predicted molar refractivity (Wildman–Crippen MR) is 105 cm³/mol. The molecule has 0 aliphatic carbocycles. The maximum atomic E-state index is 13.0. The molecule has 0 aromatic heterocycles. The van der Waals surface area contributed by atoms with Crippen LogP contribution >= 0.6 is 0 Å². The molecule has 1 N–H and O–H groups in total. The van der Waals surface area contributed by atoms with Gasteiger partial charge in [-0.3, -0.25) is 4.79 Å². The number of rotatable bonds is 5. The minimum Gasteiger partial charge on any atom is -0.507 e. The average molecular weight is 428 g/mol. The van der Waals surface area contributed by atoms with Crippen molar-refractivity contribution < 1.29 is 43.2 Å². The van der Waals surface area contributed by atoms with Crippen molar-refractivity contribution in [2.24, 2.45) is 0 Å². The summed E-state index contributed by atoms with van der Waals surface area (Å²) >= 11 is 0. The molecule has 0 saturated carbocycles. The van der Waals surface area contributed by atoms with E-state index in [4.69, 9.17) is 23.7 Å². The molecule has 162 valence electrons. The number of carbonyl (C=O) groups is 3. The Hall–Kier alpha value is -3.59. The Morgan fingerprint density at radius 1 is 1.03 bits per heavy atom. The Labute approximate surface area is 177 Å². The van der Waals surface area contributed by atoms with Crippen LogP contribution in [0.25, 0.3) is 0 Å². The van der Waals surface area contributed by atoms with Crippen LogP contribution in [0.3, 0.4) is 0 Å². The number of fused-ring (bicyclic) bond motifs is 4. The summed E-state index contributed by atoms with van der Waals surface area (Å²) in [5.74, 6) is -1.93. The number of benzene rings is 2. The normalized spacial score (nSPS) is 16.3. The van der Waals surface area contributed by atoms with Crippen LogP contribution < -0.4 is 14.2 Å². The van der Waals surface area contributed by atoms with Crippen molar-refractivity contribution in [1.29, 1.82) is 0 Å². The summed E-state index contributed by atoms with van der Waals surface area (Å²) in [7, 11) is 0. The second-order valence-corrected chi connectivity index (χ2v) is 6.96. The summed E-state index contributed by atoms with van der Waals surface area (Å²) in [4.78, 5) is 37.3. The van der Waals surface area contributed by atoms with Gasteiger partial charge in [-0.1, -0.05) is 0 Å². The first kappa shape index (κ1) is 20.7. The van der Waals surface area contributed by atoms with Crippen LogP contribution in [-0.4, -0.2) is 36.5 Å². The number of aldehydes is 1. The highest BCUT2D eigenvalue weighted by molar-refractivity contribution is 6.03. The molecular weight excluding hydrogens is 408 g/mol. The Morgan fingerprint density at radius 3 is 2.42 bits per heavy atom. The second-order valence-electron chi connectivity index (χ2n) is 6.96. The van der Waals surface area contributed by atoms with Gasteiger partial charge in [-0.2, -0.15) is 0 Å². The van der Waals surface area contributed by atoms with Crippen molar-refractivity contribution in [2.45, 2.75) is 34.0 Å². The van der Waals surface area contributed by atoms with E-state index in [-0.39, 0.29) is 64.0 Å². The van der Waals surface area contributed by atoms with E-state index in [1.807, 2.05) is 0 Å². The number of carbonyl (C=O) groups excluding carboxylic acids is 3. The highest BCUT2D eigenvalue weighted by atomic mass is 16.7.